The number of rotatable bonds is 8. The van der Waals surface area contributed by atoms with Gasteiger partial charge in [0.2, 0.25) is 0 Å². The molecule has 0 spiro atoms. The predicted octanol–water partition coefficient (Wildman–Crippen LogP) is 3.76. The quantitative estimate of drug-likeness (QED) is 0.555. The van der Waals surface area contributed by atoms with Gasteiger partial charge in [0.05, 0.1) is 13.2 Å². The number of aromatic amines is 1. The van der Waals surface area contributed by atoms with E-state index in [1.165, 1.54) is 0 Å². The number of phenolic OH excluding ortho intramolecular Hbond substituents is 1. The molecule has 0 unspecified atom stereocenters. The number of H-pyrrole nitrogens is 1. The highest BCUT2D eigenvalue weighted by molar-refractivity contribution is 6.00. The van der Waals surface area contributed by atoms with Crippen molar-refractivity contribution in [1.29, 1.82) is 0 Å². The molecule has 30 heavy (non-hydrogen) atoms. The third-order valence-corrected chi connectivity index (χ3v) is 5.35. The van der Waals surface area contributed by atoms with Crippen LogP contribution in [0, 0.1) is 0 Å². The molecule has 156 valence electrons. The van der Waals surface area contributed by atoms with E-state index in [1.54, 1.807) is 25.3 Å². The normalized spacial score (nSPS) is 15.5. The minimum atomic E-state index is -0.312. The van der Waals surface area contributed by atoms with Gasteiger partial charge in [0, 0.05) is 30.9 Å². The number of amides is 1. The van der Waals surface area contributed by atoms with Crippen LogP contribution in [0.15, 0.2) is 48.5 Å². The van der Waals surface area contributed by atoms with Crippen molar-refractivity contribution >= 4 is 5.91 Å². The molecule has 1 aliphatic heterocycles. The van der Waals surface area contributed by atoms with E-state index in [0.29, 0.717) is 36.7 Å². The van der Waals surface area contributed by atoms with Gasteiger partial charge in [-0.05, 0) is 43.2 Å². The summed E-state index contributed by atoms with van der Waals surface area (Å²) in [5, 5.41) is 17.7. The summed E-state index contributed by atoms with van der Waals surface area (Å²) in [5.41, 5.74) is 3.38. The molecule has 1 aliphatic rings. The summed E-state index contributed by atoms with van der Waals surface area (Å²) in [7, 11) is 1.62. The zero-order valence-corrected chi connectivity index (χ0v) is 17.1. The third kappa shape index (κ3) is 3.52. The van der Waals surface area contributed by atoms with E-state index in [0.717, 1.165) is 23.3 Å². The summed E-state index contributed by atoms with van der Waals surface area (Å²) in [6, 6.07) is 14.4. The largest absolute Gasteiger partial charge is 0.507 e. The summed E-state index contributed by atoms with van der Waals surface area (Å²) >= 11 is 0. The Morgan fingerprint density at radius 3 is 2.63 bits per heavy atom. The zero-order chi connectivity index (χ0) is 21.1. The van der Waals surface area contributed by atoms with E-state index < -0.39 is 0 Å². The van der Waals surface area contributed by atoms with Crippen LogP contribution in [0.1, 0.15) is 41.0 Å². The number of nitrogens with zero attached hydrogens (tertiary/aromatic N) is 2. The van der Waals surface area contributed by atoms with Gasteiger partial charge in [-0.1, -0.05) is 24.3 Å². The minimum Gasteiger partial charge on any atom is -0.507 e. The van der Waals surface area contributed by atoms with Crippen molar-refractivity contribution in [3.05, 3.63) is 65.4 Å². The molecule has 1 amide bonds. The number of aromatic nitrogens is 2. The third-order valence-electron chi connectivity index (χ3n) is 5.35. The van der Waals surface area contributed by atoms with Crippen molar-refractivity contribution in [2.75, 3.05) is 26.9 Å². The minimum absolute atomic E-state index is 0.100. The van der Waals surface area contributed by atoms with E-state index in [-0.39, 0.29) is 17.7 Å². The molecule has 0 fully saturated rings. The van der Waals surface area contributed by atoms with Crippen LogP contribution in [0.3, 0.4) is 0 Å². The Kier molecular flexibility index (Phi) is 5.72. The molecule has 1 aromatic heterocycles. The smallest absolute Gasteiger partial charge is 0.273 e. The Bertz CT molecular complexity index is 1030. The Hall–Kier alpha value is -3.32. The summed E-state index contributed by atoms with van der Waals surface area (Å²) in [6.07, 6.45) is 0.732. The van der Waals surface area contributed by atoms with Crippen LogP contribution in [0.4, 0.5) is 0 Å². The first-order valence-corrected chi connectivity index (χ1v) is 10.0. The first-order valence-electron chi connectivity index (χ1n) is 10.0. The molecule has 7 nitrogen and oxygen atoms in total. The molecule has 2 heterocycles. The van der Waals surface area contributed by atoms with Crippen molar-refractivity contribution in [1.82, 2.24) is 15.1 Å². The monoisotopic (exact) mass is 407 g/mol. The van der Waals surface area contributed by atoms with Crippen LogP contribution >= 0.6 is 0 Å². The molecule has 2 N–H and O–H groups in total. The number of nitrogens with one attached hydrogen (secondary N) is 1. The Morgan fingerprint density at radius 2 is 1.93 bits per heavy atom. The highest BCUT2D eigenvalue weighted by Gasteiger charge is 2.42. The van der Waals surface area contributed by atoms with Gasteiger partial charge in [0.1, 0.15) is 22.9 Å². The lowest BCUT2D eigenvalue weighted by molar-refractivity contribution is 0.0710. The summed E-state index contributed by atoms with van der Waals surface area (Å²) in [6.45, 7) is 3.75. The van der Waals surface area contributed by atoms with E-state index >= 15 is 0 Å². The molecule has 7 heteroatoms. The van der Waals surface area contributed by atoms with Crippen LogP contribution < -0.4 is 4.74 Å². The fourth-order valence-corrected chi connectivity index (χ4v) is 3.92. The molecule has 0 saturated carbocycles. The number of para-hydroxylation sites is 1. The molecule has 4 rings (SSSR count). The summed E-state index contributed by atoms with van der Waals surface area (Å²) in [4.78, 5) is 15.1. The average Bonchev–Trinajstić information content (AvgIpc) is 3.31. The molecular weight excluding hydrogens is 382 g/mol. The zero-order valence-electron chi connectivity index (χ0n) is 17.1. The first kappa shape index (κ1) is 20.0. The number of hydrogen-bond donors (Lipinski definition) is 2. The van der Waals surface area contributed by atoms with Crippen LogP contribution in [0.2, 0.25) is 0 Å². The van der Waals surface area contributed by atoms with Crippen LogP contribution in [0.5, 0.6) is 11.5 Å². The van der Waals surface area contributed by atoms with Crippen LogP contribution in [-0.2, 0) is 4.74 Å². The number of aromatic hydroxyl groups is 1. The molecule has 0 radical (unpaired) electrons. The van der Waals surface area contributed by atoms with Gasteiger partial charge < -0.3 is 19.5 Å². The van der Waals surface area contributed by atoms with Gasteiger partial charge in [-0.25, -0.2) is 0 Å². The molecule has 0 bridgehead atoms. The number of ether oxygens (including phenoxy) is 2. The van der Waals surface area contributed by atoms with Gasteiger partial charge in [-0.2, -0.15) is 5.10 Å². The van der Waals surface area contributed by atoms with Crippen molar-refractivity contribution in [2.45, 2.75) is 19.4 Å². The van der Waals surface area contributed by atoms with Gasteiger partial charge in [-0.15, -0.1) is 0 Å². The van der Waals surface area contributed by atoms with E-state index in [9.17, 15) is 9.90 Å². The molecule has 0 saturated heterocycles. The number of fused-ring (bicyclic) bond motifs is 1. The Balaban J connectivity index is 1.77. The second-order valence-corrected chi connectivity index (χ2v) is 7.10. The molecular formula is C23H25N3O4. The lowest BCUT2D eigenvalue weighted by atomic mass is 9.95. The SMILES string of the molecule is CCOCCCN1C(=O)c2[nH]nc(-c3ccccc3O)c2[C@@H]1c1ccc(OC)cc1. The average molecular weight is 407 g/mol. The van der Waals surface area contributed by atoms with Gasteiger partial charge in [-0.3, -0.25) is 9.89 Å². The number of carbonyl (C=O) groups excluding carboxylic acids is 1. The number of carbonyl (C=O) groups is 1. The number of methoxy groups -OCH3 is 1. The lowest BCUT2D eigenvalue weighted by Gasteiger charge is -2.26. The van der Waals surface area contributed by atoms with Crippen LogP contribution in [-0.4, -0.2) is 53.0 Å². The van der Waals surface area contributed by atoms with Gasteiger partial charge in [0.25, 0.3) is 5.91 Å². The summed E-state index contributed by atoms with van der Waals surface area (Å²) in [5.74, 6) is 0.776. The molecule has 1 atom stereocenters. The van der Waals surface area contributed by atoms with Crippen molar-refractivity contribution < 1.29 is 19.4 Å². The second kappa shape index (κ2) is 8.59. The maximum Gasteiger partial charge on any atom is 0.273 e. The molecule has 2 aromatic carbocycles. The number of benzene rings is 2. The molecule has 0 aliphatic carbocycles. The van der Waals surface area contributed by atoms with Crippen molar-refractivity contribution in [3.8, 4) is 22.8 Å². The fourth-order valence-electron chi connectivity index (χ4n) is 3.92. The highest BCUT2D eigenvalue weighted by Crippen LogP contribution is 2.44. The Labute approximate surface area is 175 Å². The fraction of sp³-hybridized carbons (Fsp3) is 0.304. The van der Waals surface area contributed by atoms with Gasteiger partial charge >= 0.3 is 0 Å². The number of hydrogen-bond acceptors (Lipinski definition) is 5. The lowest BCUT2D eigenvalue weighted by Crippen LogP contribution is -2.31. The topological polar surface area (TPSA) is 87.7 Å². The van der Waals surface area contributed by atoms with E-state index in [2.05, 4.69) is 10.2 Å². The van der Waals surface area contributed by atoms with E-state index in [4.69, 9.17) is 9.47 Å². The summed E-state index contributed by atoms with van der Waals surface area (Å²) < 4.78 is 10.7. The van der Waals surface area contributed by atoms with Crippen molar-refractivity contribution in [3.63, 3.8) is 0 Å². The van der Waals surface area contributed by atoms with Crippen molar-refractivity contribution in [2.24, 2.45) is 0 Å². The predicted molar refractivity (Wildman–Crippen MR) is 113 cm³/mol. The molecule has 3 aromatic rings. The Morgan fingerprint density at radius 1 is 1.17 bits per heavy atom. The standard InChI is InChI=1S/C23H25N3O4/c1-3-30-14-6-13-26-22(15-9-11-16(29-2)12-10-15)19-20(24-25-21(19)23(26)28)17-7-4-5-8-18(17)27/h4-5,7-12,22,27H,3,6,13-14H2,1-2H3,(H,24,25)/t22-/m0/s1. The van der Waals surface area contributed by atoms with Crippen LogP contribution in [0.25, 0.3) is 11.3 Å². The van der Waals surface area contributed by atoms with E-state index in [1.807, 2.05) is 42.2 Å². The number of phenols is 1. The maximum atomic E-state index is 13.2. The van der Waals surface area contributed by atoms with Gasteiger partial charge in [0.15, 0.2) is 0 Å². The highest BCUT2D eigenvalue weighted by atomic mass is 16.5. The second-order valence-electron chi connectivity index (χ2n) is 7.10. The first-order chi connectivity index (χ1) is 14.7. The maximum absolute atomic E-state index is 13.2.